The van der Waals surface area contributed by atoms with Gasteiger partial charge in [0.25, 0.3) is 0 Å². The molecule has 0 unspecified atom stereocenters. The molecule has 3 aromatic rings. The number of carbonyl (C=O) groups excluding carboxylic acids is 1. The monoisotopic (exact) mass is 359 g/mol. The highest BCUT2D eigenvalue weighted by atomic mass is 16.3. The van der Waals surface area contributed by atoms with Gasteiger partial charge in [-0.2, -0.15) is 0 Å². The van der Waals surface area contributed by atoms with Crippen LogP contribution >= 0.6 is 0 Å². The zero-order valence-corrected chi connectivity index (χ0v) is 15.2. The quantitative estimate of drug-likeness (QED) is 0.745. The highest BCUT2D eigenvalue weighted by Gasteiger charge is 2.21. The summed E-state index contributed by atoms with van der Waals surface area (Å²) in [6.07, 6.45) is 2.68. The first-order valence-electron chi connectivity index (χ1n) is 9.20. The third-order valence-corrected chi connectivity index (χ3v) is 4.84. The molecule has 1 heterocycles. The van der Waals surface area contributed by atoms with Crippen LogP contribution in [0.3, 0.4) is 0 Å². The summed E-state index contributed by atoms with van der Waals surface area (Å²) in [6, 6.07) is 14.9. The summed E-state index contributed by atoms with van der Waals surface area (Å²) < 4.78 is 0. The van der Waals surface area contributed by atoms with E-state index in [1.54, 1.807) is 24.3 Å². The Kier molecular flexibility index (Phi) is 4.59. The number of phenolic OH excluding ortho intramolecular Hbond substituents is 1. The third kappa shape index (κ3) is 3.53. The minimum absolute atomic E-state index is 0.138. The van der Waals surface area contributed by atoms with E-state index in [2.05, 4.69) is 23.5 Å². The fourth-order valence-corrected chi connectivity index (χ4v) is 3.44. The predicted octanol–water partition coefficient (Wildman–Crippen LogP) is 3.69. The number of rotatable bonds is 4. The average Bonchev–Trinajstić information content (AvgIpc) is 2.69. The molecule has 0 radical (unpaired) electrons. The lowest BCUT2D eigenvalue weighted by molar-refractivity contribution is -0.115. The van der Waals surface area contributed by atoms with Crippen LogP contribution in [0.2, 0.25) is 0 Å². The molecule has 5 nitrogen and oxygen atoms in total. The van der Waals surface area contributed by atoms with Gasteiger partial charge in [0.05, 0.1) is 23.5 Å². The van der Waals surface area contributed by atoms with Gasteiger partial charge in [-0.15, -0.1) is 0 Å². The molecule has 2 aromatic carbocycles. The number of aromatic hydroxyl groups is 1. The van der Waals surface area contributed by atoms with Crippen LogP contribution in [-0.2, 0) is 30.5 Å². The predicted molar refractivity (Wildman–Crippen MR) is 105 cm³/mol. The largest absolute Gasteiger partial charge is 0.508 e. The summed E-state index contributed by atoms with van der Waals surface area (Å²) in [5.74, 6) is 0.605. The van der Waals surface area contributed by atoms with Crippen LogP contribution in [0.5, 0.6) is 5.75 Å². The van der Waals surface area contributed by atoms with Crippen LogP contribution < -0.4 is 5.32 Å². The molecule has 0 fully saturated rings. The van der Waals surface area contributed by atoms with E-state index in [-0.39, 0.29) is 18.1 Å². The van der Waals surface area contributed by atoms with E-state index in [1.165, 1.54) is 5.56 Å². The zero-order valence-electron chi connectivity index (χ0n) is 15.2. The normalized spacial score (nSPS) is 12.2. The number of anilines is 1. The van der Waals surface area contributed by atoms with Crippen LogP contribution in [0.15, 0.2) is 48.5 Å². The number of phenols is 1. The van der Waals surface area contributed by atoms with Crippen molar-refractivity contribution in [3.63, 3.8) is 0 Å². The molecule has 0 spiro atoms. The third-order valence-electron chi connectivity index (χ3n) is 4.84. The summed E-state index contributed by atoms with van der Waals surface area (Å²) in [4.78, 5) is 22.0. The average molecular weight is 359 g/mol. The number of nitrogens with zero attached hydrogens (tertiary/aromatic N) is 2. The minimum atomic E-state index is -0.138. The number of fused-ring (bicyclic) bond motifs is 3. The maximum absolute atomic E-state index is 12.5. The van der Waals surface area contributed by atoms with Gasteiger partial charge in [-0.1, -0.05) is 43.3 Å². The Morgan fingerprint density at radius 2 is 1.85 bits per heavy atom. The lowest BCUT2D eigenvalue weighted by Gasteiger charge is -2.20. The Hall–Kier alpha value is -3.21. The molecule has 0 bridgehead atoms. The van der Waals surface area contributed by atoms with Gasteiger partial charge in [0.2, 0.25) is 5.91 Å². The lowest BCUT2D eigenvalue weighted by atomic mass is 9.92. The van der Waals surface area contributed by atoms with Gasteiger partial charge in [-0.25, -0.2) is 9.97 Å². The molecular formula is C22H21N3O2. The topological polar surface area (TPSA) is 75.1 Å². The summed E-state index contributed by atoms with van der Waals surface area (Å²) in [6.45, 7) is 2.01. The smallest absolute Gasteiger partial charge is 0.229 e. The molecule has 1 aliphatic rings. The van der Waals surface area contributed by atoms with Gasteiger partial charge in [0.15, 0.2) is 5.82 Å². The van der Waals surface area contributed by atoms with Crippen molar-refractivity contribution in [2.45, 2.75) is 32.6 Å². The first-order chi connectivity index (χ1) is 13.1. The molecule has 4 rings (SSSR count). The fourth-order valence-electron chi connectivity index (χ4n) is 3.44. The van der Waals surface area contributed by atoms with Crippen molar-refractivity contribution in [3.05, 3.63) is 71.0 Å². The van der Waals surface area contributed by atoms with Crippen molar-refractivity contribution in [1.82, 2.24) is 9.97 Å². The van der Waals surface area contributed by atoms with Crippen molar-refractivity contribution in [2.75, 3.05) is 5.32 Å². The van der Waals surface area contributed by atoms with Crippen molar-refractivity contribution in [1.29, 1.82) is 0 Å². The van der Waals surface area contributed by atoms with Crippen molar-refractivity contribution in [2.24, 2.45) is 0 Å². The van der Waals surface area contributed by atoms with E-state index in [0.29, 0.717) is 12.2 Å². The Morgan fingerprint density at radius 1 is 1.07 bits per heavy atom. The van der Waals surface area contributed by atoms with Crippen LogP contribution in [0.25, 0.3) is 11.3 Å². The van der Waals surface area contributed by atoms with Crippen LogP contribution in [0, 0.1) is 0 Å². The number of aromatic nitrogens is 2. The summed E-state index contributed by atoms with van der Waals surface area (Å²) >= 11 is 0. The standard InChI is InChI=1S/C22H21N3O2/c1-2-18-22(25-20(27)13-14-7-10-16(26)11-8-14)24-19-12-9-15-5-3-4-6-17(15)21(19)23-18/h3-8,10-11,26H,2,9,12-13H2,1H3,(H,24,25,27). The molecule has 27 heavy (non-hydrogen) atoms. The molecular weight excluding hydrogens is 338 g/mol. The summed E-state index contributed by atoms with van der Waals surface area (Å²) in [5.41, 5.74) is 5.94. The molecule has 1 aliphatic carbocycles. The van der Waals surface area contributed by atoms with Crippen molar-refractivity contribution < 1.29 is 9.90 Å². The maximum Gasteiger partial charge on any atom is 0.229 e. The number of nitrogens with one attached hydrogen (secondary N) is 1. The van der Waals surface area contributed by atoms with Gasteiger partial charge < -0.3 is 10.4 Å². The van der Waals surface area contributed by atoms with Gasteiger partial charge >= 0.3 is 0 Å². The van der Waals surface area contributed by atoms with Crippen molar-refractivity contribution in [3.8, 4) is 17.0 Å². The number of carbonyl (C=O) groups is 1. The first-order valence-corrected chi connectivity index (χ1v) is 9.20. The van der Waals surface area contributed by atoms with Gasteiger partial charge in [-0.05, 0) is 42.5 Å². The van der Waals surface area contributed by atoms with E-state index in [4.69, 9.17) is 9.97 Å². The number of aryl methyl sites for hydroxylation is 3. The van der Waals surface area contributed by atoms with E-state index < -0.39 is 0 Å². The minimum Gasteiger partial charge on any atom is -0.508 e. The molecule has 0 saturated heterocycles. The second-order valence-electron chi connectivity index (χ2n) is 6.72. The van der Waals surface area contributed by atoms with Crippen LogP contribution in [0.1, 0.15) is 29.4 Å². The molecule has 136 valence electrons. The molecule has 0 atom stereocenters. The Labute approximate surface area is 158 Å². The van der Waals surface area contributed by atoms with Gasteiger partial charge in [0.1, 0.15) is 5.75 Å². The summed E-state index contributed by atoms with van der Waals surface area (Å²) in [5, 5.41) is 12.3. The molecule has 5 heteroatoms. The van der Waals surface area contributed by atoms with Crippen LogP contribution in [0.4, 0.5) is 5.82 Å². The molecule has 1 amide bonds. The maximum atomic E-state index is 12.5. The second-order valence-corrected chi connectivity index (χ2v) is 6.72. The van der Waals surface area contributed by atoms with E-state index in [9.17, 15) is 9.90 Å². The second kappa shape index (κ2) is 7.19. The number of amides is 1. The Bertz CT molecular complexity index is 997. The van der Waals surface area contributed by atoms with Gasteiger partial charge in [-0.3, -0.25) is 4.79 Å². The SMILES string of the molecule is CCc1nc2c(nc1NC(=O)Cc1ccc(O)cc1)CCc1ccccc1-2. The fraction of sp³-hybridized carbons (Fsp3) is 0.227. The highest BCUT2D eigenvalue weighted by Crippen LogP contribution is 2.32. The highest BCUT2D eigenvalue weighted by molar-refractivity contribution is 5.92. The zero-order chi connectivity index (χ0) is 18.8. The Balaban J connectivity index is 1.60. The van der Waals surface area contributed by atoms with Gasteiger partial charge in [0, 0.05) is 5.56 Å². The number of benzene rings is 2. The molecule has 2 N–H and O–H groups in total. The van der Waals surface area contributed by atoms with E-state index in [1.807, 2.05) is 13.0 Å². The first kappa shape index (κ1) is 17.2. The summed E-state index contributed by atoms with van der Waals surface area (Å²) in [7, 11) is 0. The number of hydrogen-bond donors (Lipinski definition) is 2. The Morgan fingerprint density at radius 3 is 2.63 bits per heavy atom. The van der Waals surface area contributed by atoms with Crippen LogP contribution in [-0.4, -0.2) is 21.0 Å². The molecule has 1 aromatic heterocycles. The number of hydrogen-bond acceptors (Lipinski definition) is 4. The lowest BCUT2D eigenvalue weighted by Crippen LogP contribution is -2.19. The molecule has 0 aliphatic heterocycles. The van der Waals surface area contributed by atoms with E-state index in [0.717, 1.165) is 41.1 Å². The molecule has 0 saturated carbocycles. The van der Waals surface area contributed by atoms with E-state index >= 15 is 0 Å². The van der Waals surface area contributed by atoms with Crippen molar-refractivity contribution >= 4 is 11.7 Å².